The summed E-state index contributed by atoms with van der Waals surface area (Å²) in [5.74, 6) is 0. The van der Waals surface area contributed by atoms with Gasteiger partial charge in [-0.3, -0.25) is 0 Å². The zero-order valence-electron chi connectivity index (χ0n) is 11.6. The van der Waals surface area contributed by atoms with E-state index in [4.69, 9.17) is 0 Å². The van der Waals surface area contributed by atoms with Crippen molar-refractivity contribution >= 4 is 0 Å². The molecule has 0 saturated heterocycles. The second-order valence-electron chi connectivity index (χ2n) is 6.24. The molecule has 0 unspecified atom stereocenters. The molecule has 1 aliphatic rings. The van der Waals surface area contributed by atoms with E-state index >= 15 is 0 Å². The molecule has 0 radical (unpaired) electrons. The Hall–Kier alpha value is -0.820. The van der Waals surface area contributed by atoms with Crippen LogP contribution in [0.1, 0.15) is 49.8 Å². The lowest BCUT2D eigenvalue weighted by atomic mass is 9.80. The molecule has 0 amide bonds. The summed E-state index contributed by atoms with van der Waals surface area (Å²) in [6, 6.07) is 7.75. The zero-order chi connectivity index (χ0) is 12.5. The highest BCUT2D eigenvalue weighted by atomic mass is 14.9. The van der Waals surface area contributed by atoms with Crippen LogP contribution < -0.4 is 5.32 Å². The Kier molecular flexibility index (Phi) is 3.58. The molecule has 0 aliphatic heterocycles. The SMILES string of the molecule is Cc1cc(C)cc(C(C)(C)CCNC2CC2)c1. The fourth-order valence-corrected chi connectivity index (χ4v) is 2.39. The highest BCUT2D eigenvalue weighted by Crippen LogP contribution is 2.29. The van der Waals surface area contributed by atoms with Crippen molar-refractivity contribution < 1.29 is 0 Å². The van der Waals surface area contributed by atoms with Gasteiger partial charge in [0.15, 0.2) is 0 Å². The van der Waals surface area contributed by atoms with Gasteiger partial charge < -0.3 is 5.32 Å². The van der Waals surface area contributed by atoms with Crippen molar-refractivity contribution in [1.29, 1.82) is 0 Å². The molecule has 2 rings (SSSR count). The van der Waals surface area contributed by atoms with Crippen molar-refractivity contribution in [3.05, 3.63) is 34.9 Å². The maximum Gasteiger partial charge on any atom is 0.00682 e. The third-order valence-electron chi connectivity index (χ3n) is 3.76. The van der Waals surface area contributed by atoms with E-state index in [1.807, 2.05) is 0 Å². The lowest BCUT2D eigenvalue weighted by Gasteiger charge is -2.26. The lowest BCUT2D eigenvalue weighted by Crippen LogP contribution is -2.26. The summed E-state index contributed by atoms with van der Waals surface area (Å²) in [6.45, 7) is 10.2. The van der Waals surface area contributed by atoms with Gasteiger partial charge >= 0.3 is 0 Å². The minimum Gasteiger partial charge on any atom is -0.314 e. The summed E-state index contributed by atoms with van der Waals surface area (Å²) in [5.41, 5.74) is 4.51. The summed E-state index contributed by atoms with van der Waals surface area (Å²) in [4.78, 5) is 0. The molecule has 0 bridgehead atoms. The van der Waals surface area contributed by atoms with Crippen LogP contribution in [-0.4, -0.2) is 12.6 Å². The third-order valence-corrected chi connectivity index (χ3v) is 3.76. The Morgan fingerprint density at radius 2 is 1.71 bits per heavy atom. The van der Waals surface area contributed by atoms with Crippen LogP contribution in [0.3, 0.4) is 0 Å². The molecule has 1 nitrogen and oxygen atoms in total. The highest BCUT2D eigenvalue weighted by molar-refractivity contribution is 5.33. The van der Waals surface area contributed by atoms with Crippen LogP contribution in [0.15, 0.2) is 18.2 Å². The van der Waals surface area contributed by atoms with Crippen LogP contribution >= 0.6 is 0 Å². The Bertz CT molecular complexity index is 368. The topological polar surface area (TPSA) is 12.0 Å². The maximum atomic E-state index is 3.61. The first-order valence-corrected chi connectivity index (χ1v) is 6.79. The molecule has 17 heavy (non-hydrogen) atoms. The van der Waals surface area contributed by atoms with Crippen molar-refractivity contribution in [2.45, 2.75) is 58.4 Å². The normalized spacial score (nSPS) is 16.2. The number of aryl methyl sites for hydroxylation is 2. The van der Waals surface area contributed by atoms with E-state index in [1.165, 1.54) is 36.0 Å². The van der Waals surface area contributed by atoms with E-state index in [9.17, 15) is 0 Å². The van der Waals surface area contributed by atoms with Crippen LogP contribution in [0, 0.1) is 13.8 Å². The van der Waals surface area contributed by atoms with Gasteiger partial charge in [0.2, 0.25) is 0 Å². The van der Waals surface area contributed by atoms with Gasteiger partial charge in [0, 0.05) is 6.04 Å². The molecular formula is C16H25N. The van der Waals surface area contributed by atoms with Gasteiger partial charge in [-0.2, -0.15) is 0 Å². The van der Waals surface area contributed by atoms with E-state index in [0.29, 0.717) is 0 Å². The monoisotopic (exact) mass is 231 g/mol. The van der Waals surface area contributed by atoms with Gasteiger partial charge in [0.25, 0.3) is 0 Å². The van der Waals surface area contributed by atoms with E-state index in [0.717, 1.165) is 12.6 Å². The van der Waals surface area contributed by atoms with Crippen molar-refractivity contribution in [2.24, 2.45) is 0 Å². The summed E-state index contributed by atoms with van der Waals surface area (Å²) in [6.07, 6.45) is 3.97. The molecule has 1 heteroatoms. The molecule has 0 aromatic heterocycles. The van der Waals surface area contributed by atoms with Gasteiger partial charge in [0.05, 0.1) is 0 Å². The first kappa shape index (κ1) is 12.6. The first-order chi connectivity index (χ1) is 7.97. The number of hydrogen-bond donors (Lipinski definition) is 1. The minimum absolute atomic E-state index is 0.276. The third kappa shape index (κ3) is 3.57. The molecule has 1 N–H and O–H groups in total. The maximum absolute atomic E-state index is 3.61. The Balaban J connectivity index is 2.00. The summed E-state index contributed by atoms with van der Waals surface area (Å²) < 4.78 is 0. The van der Waals surface area contributed by atoms with Gasteiger partial charge in [-0.15, -0.1) is 0 Å². The van der Waals surface area contributed by atoms with Crippen LogP contribution in [0.2, 0.25) is 0 Å². The van der Waals surface area contributed by atoms with Crippen molar-refractivity contribution in [3.63, 3.8) is 0 Å². The molecule has 0 spiro atoms. The average Bonchev–Trinajstić information content (AvgIpc) is 3.00. The molecule has 1 aromatic carbocycles. The Morgan fingerprint density at radius 1 is 1.12 bits per heavy atom. The molecule has 1 aromatic rings. The van der Waals surface area contributed by atoms with E-state index in [-0.39, 0.29) is 5.41 Å². The Labute approximate surface area is 106 Å². The smallest absolute Gasteiger partial charge is 0.00682 e. The van der Waals surface area contributed by atoms with Crippen LogP contribution in [-0.2, 0) is 5.41 Å². The van der Waals surface area contributed by atoms with Gasteiger partial charge in [0.1, 0.15) is 0 Å². The van der Waals surface area contributed by atoms with E-state index < -0.39 is 0 Å². The number of nitrogens with one attached hydrogen (secondary N) is 1. The number of benzene rings is 1. The van der Waals surface area contributed by atoms with Gasteiger partial charge in [-0.25, -0.2) is 0 Å². The Morgan fingerprint density at radius 3 is 2.24 bits per heavy atom. The second-order valence-corrected chi connectivity index (χ2v) is 6.24. The average molecular weight is 231 g/mol. The minimum atomic E-state index is 0.276. The van der Waals surface area contributed by atoms with Gasteiger partial charge in [-0.05, 0) is 50.6 Å². The molecular weight excluding hydrogens is 206 g/mol. The summed E-state index contributed by atoms with van der Waals surface area (Å²) in [7, 11) is 0. The van der Waals surface area contributed by atoms with Crippen LogP contribution in [0.25, 0.3) is 0 Å². The quantitative estimate of drug-likeness (QED) is 0.814. The van der Waals surface area contributed by atoms with Gasteiger partial charge in [-0.1, -0.05) is 43.2 Å². The molecule has 0 heterocycles. The molecule has 1 saturated carbocycles. The molecule has 1 aliphatic carbocycles. The predicted octanol–water partition coefficient (Wildman–Crippen LogP) is 3.72. The molecule has 1 fully saturated rings. The summed E-state index contributed by atoms with van der Waals surface area (Å²) >= 11 is 0. The van der Waals surface area contributed by atoms with Crippen LogP contribution in [0.5, 0.6) is 0 Å². The van der Waals surface area contributed by atoms with Crippen LogP contribution in [0.4, 0.5) is 0 Å². The highest BCUT2D eigenvalue weighted by Gasteiger charge is 2.24. The fraction of sp³-hybridized carbons (Fsp3) is 0.625. The van der Waals surface area contributed by atoms with Crippen molar-refractivity contribution in [2.75, 3.05) is 6.54 Å². The molecule has 0 atom stereocenters. The standard InChI is InChI=1S/C16H25N/c1-12-9-13(2)11-14(10-12)16(3,4)7-8-17-15-5-6-15/h9-11,15,17H,5-8H2,1-4H3. The number of hydrogen-bond acceptors (Lipinski definition) is 1. The van der Waals surface area contributed by atoms with Crippen molar-refractivity contribution in [1.82, 2.24) is 5.32 Å². The predicted molar refractivity (Wildman–Crippen MR) is 74.6 cm³/mol. The number of rotatable bonds is 5. The summed E-state index contributed by atoms with van der Waals surface area (Å²) in [5, 5.41) is 3.61. The molecule has 94 valence electrons. The van der Waals surface area contributed by atoms with E-state index in [1.54, 1.807) is 0 Å². The fourth-order valence-electron chi connectivity index (χ4n) is 2.39. The zero-order valence-corrected chi connectivity index (χ0v) is 11.6. The first-order valence-electron chi connectivity index (χ1n) is 6.79. The second kappa shape index (κ2) is 4.81. The van der Waals surface area contributed by atoms with Crippen molar-refractivity contribution in [3.8, 4) is 0 Å². The lowest BCUT2D eigenvalue weighted by molar-refractivity contribution is 0.455. The largest absolute Gasteiger partial charge is 0.314 e. The van der Waals surface area contributed by atoms with E-state index in [2.05, 4.69) is 51.2 Å².